The number of benzene rings is 1. The van der Waals surface area contributed by atoms with Gasteiger partial charge in [0.15, 0.2) is 0 Å². The lowest BCUT2D eigenvalue weighted by Crippen LogP contribution is -2.57. The van der Waals surface area contributed by atoms with Gasteiger partial charge in [-0.05, 0) is 80.3 Å². The van der Waals surface area contributed by atoms with E-state index in [0.717, 1.165) is 35.6 Å². The minimum atomic E-state index is 0.00329. The summed E-state index contributed by atoms with van der Waals surface area (Å²) in [6.45, 7) is 7.96. The van der Waals surface area contributed by atoms with Crippen LogP contribution in [0.4, 0.5) is 5.69 Å². The molecule has 0 radical (unpaired) electrons. The van der Waals surface area contributed by atoms with E-state index in [-0.39, 0.29) is 11.9 Å². The highest BCUT2D eigenvalue weighted by molar-refractivity contribution is 7.13. The summed E-state index contributed by atoms with van der Waals surface area (Å²) in [5.74, 6) is 1.47. The number of rotatable bonds is 6. The lowest BCUT2D eigenvalue weighted by molar-refractivity contribution is 0.0619. The van der Waals surface area contributed by atoms with Crippen LogP contribution in [0.3, 0.4) is 0 Å². The van der Waals surface area contributed by atoms with E-state index in [2.05, 4.69) is 44.6 Å². The molecule has 29 heavy (non-hydrogen) atoms. The first-order valence-electron chi connectivity index (χ1n) is 11.4. The molecule has 0 saturated carbocycles. The Hall–Kier alpha value is -1.66. The summed E-state index contributed by atoms with van der Waals surface area (Å²) < 4.78 is 5.67. The molecule has 6 heteroatoms. The number of nitrogens with zero attached hydrogens (tertiary/aromatic N) is 3. The van der Waals surface area contributed by atoms with Crippen molar-refractivity contribution < 1.29 is 4.79 Å². The first-order chi connectivity index (χ1) is 14.2. The van der Waals surface area contributed by atoms with Crippen molar-refractivity contribution in [2.75, 3.05) is 37.6 Å². The SMILES string of the molecule is CCCCC1CCN(c2ccc3c(C(=O)N[C@@H]4CN5CCC4CC5)nsc3c2)C1. The predicted octanol–water partition coefficient (Wildman–Crippen LogP) is 4.14. The van der Waals surface area contributed by atoms with Gasteiger partial charge >= 0.3 is 0 Å². The number of nitrogens with one attached hydrogen (secondary N) is 1. The fourth-order valence-corrected chi connectivity index (χ4v) is 6.25. The predicted molar refractivity (Wildman–Crippen MR) is 120 cm³/mol. The number of carbonyl (C=O) groups is 1. The van der Waals surface area contributed by atoms with Gasteiger partial charge in [0.25, 0.3) is 5.91 Å². The summed E-state index contributed by atoms with van der Waals surface area (Å²) in [5.41, 5.74) is 1.89. The van der Waals surface area contributed by atoms with Crippen molar-refractivity contribution in [3.8, 4) is 0 Å². The van der Waals surface area contributed by atoms with E-state index >= 15 is 0 Å². The van der Waals surface area contributed by atoms with Crippen LogP contribution >= 0.6 is 11.5 Å². The topological polar surface area (TPSA) is 48.5 Å². The number of fused-ring (bicyclic) bond motifs is 4. The zero-order valence-electron chi connectivity index (χ0n) is 17.4. The van der Waals surface area contributed by atoms with Crippen LogP contribution in [0.1, 0.15) is 55.9 Å². The van der Waals surface area contributed by atoms with Crippen LogP contribution in [-0.4, -0.2) is 53.9 Å². The van der Waals surface area contributed by atoms with Gasteiger partial charge in [-0.3, -0.25) is 4.79 Å². The average molecular weight is 413 g/mol. The Labute approximate surface area is 177 Å². The fourth-order valence-electron chi connectivity index (χ4n) is 5.45. The Balaban J connectivity index is 1.27. The Morgan fingerprint density at radius 2 is 2.07 bits per heavy atom. The molecule has 6 rings (SSSR count). The summed E-state index contributed by atoms with van der Waals surface area (Å²) in [7, 11) is 0. The average Bonchev–Trinajstić information content (AvgIpc) is 3.40. The molecular formula is C23H32N4OS. The third-order valence-electron chi connectivity index (χ3n) is 7.26. The Morgan fingerprint density at radius 3 is 2.83 bits per heavy atom. The number of unbranched alkanes of at least 4 members (excludes halogenated alkanes) is 1. The third-order valence-corrected chi connectivity index (χ3v) is 8.07. The smallest absolute Gasteiger partial charge is 0.271 e. The summed E-state index contributed by atoms with van der Waals surface area (Å²) in [4.78, 5) is 17.9. The van der Waals surface area contributed by atoms with Crippen LogP contribution in [-0.2, 0) is 0 Å². The molecule has 2 aromatic rings. The minimum absolute atomic E-state index is 0.00329. The van der Waals surface area contributed by atoms with E-state index in [0.29, 0.717) is 11.6 Å². The molecule has 0 spiro atoms. The maximum Gasteiger partial charge on any atom is 0.271 e. The number of hydrogen-bond acceptors (Lipinski definition) is 5. The second kappa shape index (κ2) is 8.23. The number of aromatic nitrogens is 1. The molecule has 5 nitrogen and oxygen atoms in total. The number of amides is 1. The first-order valence-corrected chi connectivity index (χ1v) is 12.2. The van der Waals surface area contributed by atoms with E-state index in [1.165, 1.54) is 68.8 Å². The van der Waals surface area contributed by atoms with Gasteiger partial charge < -0.3 is 15.1 Å². The van der Waals surface area contributed by atoms with Gasteiger partial charge in [-0.1, -0.05) is 19.8 Å². The van der Waals surface area contributed by atoms with Crippen LogP contribution in [0.2, 0.25) is 0 Å². The Morgan fingerprint density at radius 1 is 1.21 bits per heavy atom. The van der Waals surface area contributed by atoms with Crippen LogP contribution in [0, 0.1) is 11.8 Å². The highest BCUT2D eigenvalue weighted by Gasteiger charge is 2.35. The van der Waals surface area contributed by atoms with Gasteiger partial charge in [0, 0.05) is 36.7 Å². The Bertz CT molecular complexity index is 873. The maximum atomic E-state index is 13.0. The minimum Gasteiger partial charge on any atom is -0.371 e. The van der Waals surface area contributed by atoms with Gasteiger partial charge in [-0.15, -0.1) is 0 Å². The van der Waals surface area contributed by atoms with Crippen molar-refractivity contribution in [1.82, 2.24) is 14.6 Å². The van der Waals surface area contributed by atoms with E-state index in [1.807, 2.05) is 0 Å². The zero-order valence-corrected chi connectivity index (χ0v) is 18.2. The molecule has 5 heterocycles. The molecule has 1 aromatic carbocycles. The van der Waals surface area contributed by atoms with Gasteiger partial charge in [-0.25, -0.2) is 0 Å². The number of piperidine rings is 3. The molecule has 1 N–H and O–H groups in total. The molecular weight excluding hydrogens is 380 g/mol. The number of carbonyl (C=O) groups excluding carboxylic acids is 1. The second-order valence-electron chi connectivity index (χ2n) is 9.17. The first kappa shape index (κ1) is 19.3. The molecule has 156 valence electrons. The van der Waals surface area contributed by atoms with Crippen molar-refractivity contribution >= 4 is 33.2 Å². The van der Waals surface area contributed by atoms with Crippen LogP contribution in [0.5, 0.6) is 0 Å². The monoisotopic (exact) mass is 412 g/mol. The summed E-state index contributed by atoms with van der Waals surface area (Å²) in [5, 5.41) is 4.29. The molecule has 0 aliphatic carbocycles. The summed E-state index contributed by atoms with van der Waals surface area (Å²) in [6, 6.07) is 6.81. The Kier molecular flexibility index (Phi) is 5.48. The maximum absolute atomic E-state index is 13.0. The molecule has 4 fully saturated rings. The highest BCUT2D eigenvalue weighted by atomic mass is 32.1. The molecule has 2 atom stereocenters. The van der Waals surface area contributed by atoms with Crippen molar-refractivity contribution in [1.29, 1.82) is 0 Å². The molecule has 1 amide bonds. The van der Waals surface area contributed by atoms with E-state index < -0.39 is 0 Å². The van der Waals surface area contributed by atoms with Gasteiger partial charge in [0.05, 0.1) is 4.70 Å². The van der Waals surface area contributed by atoms with E-state index in [9.17, 15) is 4.79 Å². The van der Waals surface area contributed by atoms with Crippen LogP contribution < -0.4 is 10.2 Å². The van der Waals surface area contributed by atoms with Crippen molar-refractivity contribution in [3.63, 3.8) is 0 Å². The normalized spacial score (nSPS) is 28.9. The van der Waals surface area contributed by atoms with Gasteiger partial charge in [0.2, 0.25) is 0 Å². The number of anilines is 1. The van der Waals surface area contributed by atoms with Crippen LogP contribution in [0.25, 0.3) is 10.1 Å². The summed E-state index contributed by atoms with van der Waals surface area (Å²) in [6.07, 6.45) is 7.69. The highest BCUT2D eigenvalue weighted by Crippen LogP contribution is 2.32. The van der Waals surface area contributed by atoms with Crippen molar-refractivity contribution in [2.45, 2.75) is 51.5 Å². The lowest BCUT2D eigenvalue weighted by Gasteiger charge is -2.44. The third kappa shape index (κ3) is 3.89. The quantitative estimate of drug-likeness (QED) is 0.775. The van der Waals surface area contributed by atoms with Crippen molar-refractivity contribution in [3.05, 3.63) is 23.9 Å². The lowest BCUT2D eigenvalue weighted by atomic mass is 9.84. The van der Waals surface area contributed by atoms with E-state index in [1.54, 1.807) is 0 Å². The molecule has 4 saturated heterocycles. The second-order valence-corrected chi connectivity index (χ2v) is 9.98. The molecule has 2 bridgehead atoms. The standard InChI is InChI=1S/C23H32N4OS/c1-2-3-4-16-7-12-27(14-16)18-5-6-19-21(13-18)29-25-22(19)23(28)24-20-15-26-10-8-17(20)9-11-26/h5-6,13,16-17,20H,2-4,7-12,14-15H2,1H3,(H,24,28)/t16?,20-/m1/s1. The molecule has 4 aliphatic heterocycles. The molecule has 1 unspecified atom stereocenters. The van der Waals surface area contributed by atoms with Crippen molar-refractivity contribution in [2.24, 2.45) is 11.8 Å². The zero-order chi connectivity index (χ0) is 19.8. The number of hydrogen-bond donors (Lipinski definition) is 1. The van der Waals surface area contributed by atoms with Gasteiger partial charge in [0.1, 0.15) is 5.69 Å². The largest absolute Gasteiger partial charge is 0.371 e. The molecule has 4 aliphatic rings. The van der Waals surface area contributed by atoms with Crippen LogP contribution in [0.15, 0.2) is 18.2 Å². The summed E-state index contributed by atoms with van der Waals surface area (Å²) >= 11 is 1.46. The molecule has 1 aromatic heterocycles. The van der Waals surface area contributed by atoms with E-state index in [4.69, 9.17) is 0 Å². The fraction of sp³-hybridized carbons (Fsp3) is 0.652. The van der Waals surface area contributed by atoms with Gasteiger partial charge in [-0.2, -0.15) is 4.37 Å².